The van der Waals surface area contributed by atoms with E-state index in [0.717, 1.165) is 11.1 Å². The number of hydrogen-bond acceptors (Lipinski definition) is 7. The Hall–Kier alpha value is -4.20. The van der Waals surface area contributed by atoms with Crippen molar-refractivity contribution >= 4 is 22.6 Å². The van der Waals surface area contributed by atoms with Crippen LogP contribution in [-0.4, -0.2) is 27.1 Å². The lowest BCUT2D eigenvalue weighted by molar-refractivity contribution is 0.0698. The van der Waals surface area contributed by atoms with Gasteiger partial charge in [-0.2, -0.15) is 0 Å². The molecule has 2 N–H and O–H groups in total. The van der Waals surface area contributed by atoms with Crippen molar-refractivity contribution in [2.24, 2.45) is 0 Å². The number of hydrogen-bond donors (Lipinski definition) is 2. The summed E-state index contributed by atoms with van der Waals surface area (Å²) in [5, 5.41) is 13.2. The van der Waals surface area contributed by atoms with E-state index in [1.54, 1.807) is 36.7 Å². The second-order valence-corrected chi connectivity index (χ2v) is 8.34. The quantitative estimate of drug-likeness (QED) is 0.387. The summed E-state index contributed by atoms with van der Waals surface area (Å²) < 4.78 is 11.7. The number of aromatic nitrogens is 2. The van der Waals surface area contributed by atoms with E-state index in [1.807, 2.05) is 33.8 Å². The highest BCUT2D eigenvalue weighted by Gasteiger charge is 2.18. The van der Waals surface area contributed by atoms with Crippen LogP contribution in [0, 0.1) is 6.92 Å². The molecule has 0 fully saturated rings. The molecule has 34 heavy (non-hydrogen) atoms. The normalized spacial score (nSPS) is 12.0. The van der Waals surface area contributed by atoms with E-state index < -0.39 is 5.97 Å². The number of para-hydroxylation sites is 1. The highest BCUT2D eigenvalue weighted by Crippen LogP contribution is 2.31. The lowest BCUT2D eigenvalue weighted by atomic mass is 10.0. The first-order valence-electron chi connectivity index (χ1n) is 10.9. The average Bonchev–Trinajstić information content (AvgIpc) is 2.79. The predicted molar refractivity (Wildman–Crippen MR) is 129 cm³/mol. The third-order valence-electron chi connectivity index (χ3n) is 5.25. The van der Waals surface area contributed by atoms with Gasteiger partial charge in [-0.05, 0) is 51.5 Å². The van der Waals surface area contributed by atoms with Crippen LogP contribution in [0.15, 0.2) is 64.1 Å². The maximum atomic E-state index is 13.0. The van der Waals surface area contributed by atoms with Crippen LogP contribution in [0.3, 0.4) is 0 Å². The van der Waals surface area contributed by atoms with E-state index in [0.29, 0.717) is 28.0 Å². The van der Waals surface area contributed by atoms with Crippen molar-refractivity contribution in [3.05, 3.63) is 81.8 Å². The molecule has 4 aromatic rings. The zero-order valence-corrected chi connectivity index (χ0v) is 19.3. The Morgan fingerprint density at radius 3 is 2.47 bits per heavy atom. The smallest absolute Gasteiger partial charge is 0.337 e. The van der Waals surface area contributed by atoms with Gasteiger partial charge < -0.3 is 19.6 Å². The molecule has 0 saturated heterocycles. The maximum absolute atomic E-state index is 13.0. The Kier molecular flexibility index (Phi) is 6.32. The number of carboxylic acids is 1. The highest BCUT2D eigenvalue weighted by atomic mass is 16.5. The summed E-state index contributed by atoms with van der Waals surface area (Å²) in [5.74, 6) is -0.694. The maximum Gasteiger partial charge on any atom is 0.337 e. The van der Waals surface area contributed by atoms with Gasteiger partial charge in [-0.3, -0.25) is 4.79 Å². The lowest BCUT2D eigenvalue weighted by Crippen LogP contribution is -2.12. The van der Waals surface area contributed by atoms with Crippen LogP contribution in [0.25, 0.3) is 22.3 Å². The molecule has 0 aliphatic carbocycles. The van der Waals surface area contributed by atoms with Crippen LogP contribution >= 0.6 is 0 Å². The van der Waals surface area contributed by atoms with Crippen molar-refractivity contribution in [2.75, 3.05) is 5.32 Å². The molecular formula is C26H25N3O5. The van der Waals surface area contributed by atoms with Crippen LogP contribution in [0.2, 0.25) is 0 Å². The van der Waals surface area contributed by atoms with E-state index in [4.69, 9.17) is 9.15 Å². The third-order valence-corrected chi connectivity index (χ3v) is 5.25. The number of carbonyl (C=O) groups is 1. The number of aryl methyl sites for hydroxylation is 1. The van der Waals surface area contributed by atoms with E-state index in [1.165, 1.54) is 12.1 Å². The van der Waals surface area contributed by atoms with Gasteiger partial charge in [0, 0.05) is 29.7 Å². The first kappa shape index (κ1) is 23.0. The number of benzene rings is 2. The molecular weight excluding hydrogens is 434 g/mol. The molecule has 4 rings (SSSR count). The van der Waals surface area contributed by atoms with Crippen molar-refractivity contribution < 1.29 is 19.1 Å². The molecule has 1 unspecified atom stereocenters. The summed E-state index contributed by atoms with van der Waals surface area (Å²) in [6.07, 6.45) is 3.04. The zero-order chi connectivity index (χ0) is 24.4. The van der Waals surface area contributed by atoms with E-state index in [9.17, 15) is 14.7 Å². The minimum Gasteiger partial charge on any atom is -0.478 e. The Bertz CT molecular complexity index is 1410. The molecule has 8 heteroatoms. The molecule has 0 aliphatic rings. The molecule has 0 aliphatic heterocycles. The fraction of sp³-hybridized carbons (Fsp3) is 0.231. The summed E-state index contributed by atoms with van der Waals surface area (Å²) in [7, 11) is 0. The number of rotatable bonds is 7. The summed E-state index contributed by atoms with van der Waals surface area (Å²) >= 11 is 0. The van der Waals surface area contributed by atoms with Gasteiger partial charge in [0.2, 0.25) is 0 Å². The van der Waals surface area contributed by atoms with Gasteiger partial charge in [0.25, 0.3) is 0 Å². The topological polar surface area (TPSA) is 115 Å². The van der Waals surface area contributed by atoms with Gasteiger partial charge in [0.05, 0.1) is 28.7 Å². The Morgan fingerprint density at radius 1 is 1.09 bits per heavy atom. The van der Waals surface area contributed by atoms with Crippen molar-refractivity contribution in [3.63, 3.8) is 0 Å². The Balaban J connectivity index is 1.78. The van der Waals surface area contributed by atoms with Crippen molar-refractivity contribution in [3.8, 4) is 17.3 Å². The molecule has 2 aromatic heterocycles. The molecule has 8 nitrogen and oxygen atoms in total. The Labute approximate surface area is 196 Å². The van der Waals surface area contributed by atoms with E-state index >= 15 is 0 Å². The second-order valence-electron chi connectivity index (χ2n) is 8.34. The second kappa shape index (κ2) is 9.35. The minimum atomic E-state index is -1.02. The van der Waals surface area contributed by atoms with Crippen molar-refractivity contribution in [1.82, 2.24) is 9.97 Å². The third kappa shape index (κ3) is 4.76. The first-order chi connectivity index (χ1) is 16.2. The molecule has 0 radical (unpaired) electrons. The number of nitrogens with zero attached hydrogens (tertiary/aromatic N) is 2. The standard InChI is InChI=1S/C26H25N3O5/c1-14(2)33-26-27-12-17(13-28-26)23-11-22(30)20-10-15(3)9-19(24(20)34-23)16(4)29-21-8-6-5-7-18(21)25(31)32/h5-14,16,29H,1-4H3,(H,31,32). The molecule has 2 aromatic carbocycles. The van der Waals surface area contributed by atoms with Gasteiger partial charge in [-0.1, -0.05) is 18.2 Å². The molecule has 0 bridgehead atoms. The monoisotopic (exact) mass is 459 g/mol. The van der Waals surface area contributed by atoms with Crippen LogP contribution in [0.1, 0.15) is 48.3 Å². The van der Waals surface area contributed by atoms with E-state index in [-0.39, 0.29) is 29.1 Å². The van der Waals surface area contributed by atoms with Gasteiger partial charge in [-0.25, -0.2) is 14.8 Å². The molecule has 174 valence electrons. The average molecular weight is 460 g/mol. The zero-order valence-electron chi connectivity index (χ0n) is 19.3. The summed E-state index contributed by atoms with van der Waals surface area (Å²) in [4.78, 5) is 33.0. The minimum absolute atomic E-state index is 0.0597. The first-order valence-corrected chi connectivity index (χ1v) is 10.9. The fourth-order valence-electron chi connectivity index (χ4n) is 3.72. The summed E-state index contributed by atoms with van der Waals surface area (Å²) in [6.45, 7) is 7.55. The number of ether oxygens (including phenoxy) is 1. The molecule has 0 spiro atoms. The lowest BCUT2D eigenvalue weighted by Gasteiger charge is -2.19. The molecule has 2 heterocycles. The SMILES string of the molecule is Cc1cc(C(C)Nc2ccccc2C(=O)O)c2oc(-c3cnc(OC(C)C)nc3)cc(=O)c2c1. The van der Waals surface area contributed by atoms with Crippen molar-refractivity contribution in [2.45, 2.75) is 39.8 Å². The Morgan fingerprint density at radius 2 is 1.79 bits per heavy atom. The predicted octanol–water partition coefficient (Wildman–Crippen LogP) is 5.22. The number of carboxylic acid groups (broad SMARTS) is 1. The number of nitrogens with one attached hydrogen (secondary N) is 1. The number of anilines is 1. The van der Waals surface area contributed by atoms with E-state index in [2.05, 4.69) is 15.3 Å². The van der Waals surface area contributed by atoms with Gasteiger partial charge >= 0.3 is 12.0 Å². The number of aromatic carboxylic acids is 1. The summed E-state index contributed by atoms with van der Waals surface area (Å²) in [6, 6.07) is 11.7. The highest BCUT2D eigenvalue weighted by molar-refractivity contribution is 5.94. The van der Waals surface area contributed by atoms with Gasteiger partial charge in [-0.15, -0.1) is 0 Å². The van der Waals surface area contributed by atoms with Crippen LogP contribution in [-0.2, 0) is 0 Å². The summed E-state index contributed by atoms with van der Waals surface area (Å²) in [5.41, 5.74) is 3.03. The van der Waals surface area contributed by atoms with Crippen LogP contribution in [0.5, 0.6) is 6.01 Å². The van der Waals surface area contributed by atoms with Crippen LogP contribution < -0.4 is 15.5 Å². The molecule has 0 amide bonds. The van der Waals surface area contributed by atoms with Gasteiger partial charge in [0.1, 0.15) is 11.3 Å². The molecule has 1 atom stereocenters. The van der Waals surface area contributed by atoms with Crippen molar-refractivity contribution in [1.29, 1.82) is 0 Å². The number of fused-ring (bicyclic) bond motifs is 1. The largest absolute Gasteiger partial charge is 0.478 e. The van der Waals surface area contributed by atoms with Gasteiger partial charge in [0.15, 0.2) is 5.43 Å². The molecule has 0 saturated carbocycles. The van der Waals surface area contributed by atoms with Crippen LogP contribution in [0.4, 0.5) is 5.69 Å². The fourth-order valence-corrected chi connectivity index (χ4v) is 3.72.